The van der Waals surface area contributed by atoms with E-state index in [0.717, 1.165) is 24.1 Å². The van der Waals surface area contributed by atoms with E-state index in [1.165, 1.54) is 0 Å². The van der Waals surface area contributed by atoms with Crippen LogP contribution in [0.4, 0.5) is 0 Å². The molecule has 0 aromatic heterocycles. The fourth-order valence-corrected chi connectivity index (χ4v) is 0.427. The summed E-state index contributed by atoms with van der Waals surface area (Å²) in [6.07, 6.45) is 0.888. The number of aliphatic imine (C=N–C) groups is 1. The molecule has 0 bridgehead atoms. The summed E-state index contributed by atoms with van der Waals surface area (Å²) in [6, 6.07) is 0. The molecule has 1 nitrogen and oxygen atoms in total. The molecule has 0 aliphatic rings. The van der Waals surface area contributed by atoms with Crippen molar-refractivity contribution in [3.8, 4) is 0 Å². The Morgan fingerprint density at radius 1 is 1.44 bits per heavy atom. The first-order valence-electron chi connectivity index (χ1n) is 2.94. The van der Waals surface area contributed by atoms with Crippen LogP contribution in [0, 0.1) is 0 Å². The number of hydrogen-bond donors (Lipinski definition) is 0. The maximum atomic E-state index is 3.80. The number of hydrogen-bond acceptors (Lipinski definition) is 1. The summed E-state index contributed by atoms with van der Waals surface area (Å²) in [7, 11) is 0. The van der Waals surface area contributed by atoms with Gasteiger partial charge in [0.05, 0.1) is 0 Å². The second-order valence-corrected chi connectivity index (χ2v) is 2.08. The summed E-state index contributed by atoms with van der Waals surface area (Å²) >= 11 is 0. The van der Waals surface area contributed by atoms with E-state index in [-0.39, 0.29) is 0 Å². The first-order valence-corrected chi connectivity index (χ1v) is 2.94. The van der Waals surface area contributed by atoms with Crippen LogP contribution in [0.2, 0.25) is 0 Å². The topological polar surface area (TPSA) is 12.4 Å². The lowest BCUT2D eigenvalue weighted by Crippen LogP contribution is -1.85. The van der Waals surface area contributed by atoms with Crippen molar-refractivity contribution in [3.63, 3.8) is 0 Å². The fourth-order valence-electron chi connectivity index (χ4n) is 0.427. The van der Waals surface area contributed by atoms with Crippen molar-refractivity contribution in [1.82, 2.24) is 0 Å². The lowest BCUT2D eigenvalue weighted by molar-refractivity contribution is 0.969. The Bertz CT molecular complexity index is 134. The minimum atomic E-state index is 0.756. The van der Waals surface area contributed by atoms with Crippen molar-refractivity contribution in [2.24, 2.45) is 4.99 Å². The second-order valence-electron chi connectivity index (χ2n) is 2.08. The zero-order valence-corrected chi connectivity index (χ0v) is 5.98. The van der Waals surface area contributed by atoms with Gasteiger partial charge in [-0.25, -0.2) is 0 Å². The van der Waals surface area contributed by atoms with Crippen LogP contribution in [0.5, 0.6) is 0 Å². The largest absolute Gasteiger partial charge is 0.301 e. The molecule has 1 heteroatoms. The van der Waals surface area contributed by atoms with Gasteiger partial charge in [-0.3, -0.25) is 0 Å². The zero-order chi connectivity index (χ0) is 7.28. The number of rotatable bonds is 4. The van der Waals surface area contributed by atoms with Gasteiger partial charge in [0.1, 0.15) is 0 Å². The zero-order valence-electron chi connectivity index (χ0n) is 5.98. The molecule has 0 aliphatic carbocycles. The predicted octanol–water partition coefficient (Wildman–Crippen LogP) is 2.21. The Hall–Kier alpha value is -0.850. The average molecular weight is 123 g/mol. The number of nitrogens with zero attached hydrogens (tertiary/aromatic N) is 1. The number of allylic oxidation sites excluding steroid dienone is 1. The summed E-state index contributed by atoms with van der Waals surface area (Å²) in [4.78, 5) is 3.71. The highest BCUT2D eigenvalue weighted by atomic mass is 14.7. The van der Waals surface area contributed by atoms with E-state index in [4.69, 9.17) is 0 Å². The molecule has 0 spiro atoms. The Labute approximate surface area is 56.8 Å². The molecule has 0 unspecified atom stereocenters. The van der Waals surface area contributed by atoms with Gasteiger partial charge in [-0.15, -0.1) is 0 Å². The molecule has 0 saturated carbocycles. The monoisotopic (exact) mass is 123 g/mol. The lowest BCUT2D eigenvalue weighted by atomic mass is 10.1. The van der Waals surface area contributed by atoms with E-state index >= 15 is 0 Å². The van der Waals surface area contributed by atoms with Crippen LogP contribution >= 0.6 is 0 Å². The SMILES string of the molecule is C=NCCC(=C)C(=C)C. The molecule has 0 atom stereocenters. The van der Waals surface area contributed by atoms with Crippen LogP contribution in [0.3, 0.4) is 0 Å². The maximum Gasteiger partial charge on any atom is 0.0422 e. The highest BCUT2D eigenvalue weighted by molar-refractivity contribution is 5.25. The first kappa shape index (κ1) is 8.15. The standard InChI is InChI=1S/C8H13N/c1-7(2)8(3)5-6-9-4/h1,3-6H2,2H3. The van der Waals surface area contributed by atoms with Crippen molar-refractivity contribution in [3.05, 3.63) is 24.3 Å². The highest BCUT2D eigenvalue weighted by Gasteiger charge is 1.90. The maximum absolute atomic E-state index is 3.80. The molecular weight excluding hydrogens is 110 g/mol. The van der Waals surface area contributed by atoms with E-state index in [1.54, 1.807) is 0 Å². The van der Waals surface area contributed by atoms with Crippen LogP contribution in [0.25, 0.3) is 0 Å². The molecule has 0 radical (unpaired) electrons. The van der Waals surface area contributed by atoms with E-state index in [1.807, 2.05) is 6.92 Å². The minimum absolute atomic E-state index is 0.756. The molecule has 50 valence electrons. The molecule has 9 heavy (non-hydrogen) atoms. The third-order valence-electron chi connectivity index (χ3n) is 1.18. The van der Waals surface area contributed by atoms with Gasteiger partial charge in [-0.1, -0.05) is 24.3 Å². The van der Waals surface area contributed by atoms with Crippen molar-refractivity contribution in [2.75, 3.05) is 6.54 Å². The van der Waals surface area contributed by atoms with Crippen LogP contribution < -0.4 is 0 Å². The summed E-state index contributed by atoms with van der Waals surface area (Å²) in [5.41, 5.74) is 2.11. The molecule has 0 aromatic carbocycles. The van der Waals surface area contributed by atoms with Gasteiger partial charge >= 0.3 is 0 Å². The van der Waals surface area contributed by atoms with Crippen LogP contribution in [0.15, 0.2) is 29.3 Å². The summed E-state index contributed by atoms with van der Waals surface area (Å²) in [5.74, 6) is 0. The molecule has 0 amide bonds. The van der Waals surface area contributed by atoms with E-state index < -0.39 is 0 Å². The van der Waals surface area contributed by atoms with Crippen LogP contribution in [-0.2, 0) is 0 Å². The Morgan fingerprint density at radius 2 is 2.00 bits per heavy atom. The van der Waals surface area contributed by atoms with Crippen molar-refractivity contribution < 1.29 is 0 Å². The molecule has 0 heterocycles. The lowest BCUT2D eigenvalue weighted by Gasteiger charge is -1.99. The van der Waals surface area contributed by atoms with Gasteiger partial charge in [-0.2, -0.15) is 0 Å². The van der Waals surface area contributed by atoms with Gasteiger partial charge in [0.15, 0.2) is 0 Å². The van der Waals surface area contributed by atoms with Crippen molar-refractivity contribution >= 4 is 6.72 Å². The summed E-state index contributed by atoms with van der Waals surface area (Å²) in [5, 5.41) is 0. The smallest absolute Gasteiger partial charge is 0.0422 e. The molecular formula is C8H13N. The molecule has 0 saturated heterocycles. The average Bonchev–Trinajstić information content (AvgIpc) is 1.82. The van der Waals surface area contributed by atoms with E-state index in [2.05, 4.69) is 24.9 Å². The second kappa shape index (κ2) is 4.07. The fraction of sp³-hybridized carbons (Fsp3) is 0.375. The Kier molecular flexibility index (Phi) is 3.69. The molecule has 0 N–H and O–H groups in total. The van der Waals surface area contributed by atoms with E-state index in [9.17, 15) is 0 Å². The van der Waals surface area contributed by atoms with Crippen LogP contribution in [-0.4, -0.2) is 13.3 Å². The normalized spacial score (nSPS) is 8.56. The highest BCUT2D eigenvalue weighted by Crippen LogP contribution is 2.07. The van der Waals surface area contributed by atoms with E-state index in [0.29, 0.717) is 0 Å². The Balaban J connectivity index is 3.51. The summed E-state index contributed by atoms with van der Waals surface area (Å²) < 4.78 is 0. The molecule has 0 aliphatic heterocycles. The van der Waals surface area contributed by atoms with Gasteiger partial charge in [0, 0.05) is 6.54 Å². The molecule has 0 aromatic rings. The van der Waals surface area contributed by atoms with Crippen molar-refractivity contribution in [2.45, 2.75) is 13.3 Å². The first-order chi connectivity index (χ1) is 4.18. The van der Waals surface area contributed by atoms with Crippen LogP contribution in [0.1, 0.15) is 13.3 Å². The van der Waals surface area contributed by atoms with Gasteiger partial charge in [-0.05, 0) is 20.1 Å². The Morgan fingerprint density at radius 3 is 2.33 bits per heavy atom. The minimum Gasteiger partial charge on any atom is -0.301 e. The predicted molar refractivity (Wildman–Crippen MR) is 43.0 cm³/mol. The van der Waals surface area contributed by atoms with Gasteiger partial charge in [0.25, 0.3) is 0 Å². The third-order valence-corrected chi connectivity index (χ3v) is 1.18. The molecule has 0 rings (SSSR count). The third kappa shape index (κ3) is 3.71. The quantitative estimate of drug-likeness (QED) is 0.401. The summed E-state index contributed by atoms with van der Waals surface area (Å²) in [6.45, 7) is 13.6. The van der Waals surface area contributed by atoms with Gasteiger partial charge < -0.3 is 4.99 Å². The molecule has 0 fully saturated rings. The van der Waals surface area contributed by atoms with Gasteiger partial charge in [0.2, 0.25) is 0 Å². The van der Waals surface area contributed by atoms with Crippen molar-refractivity contribution in [1.29, 1.82) is 0 Å².